The van der Waals surface area contributed by atoms with Gasteiger partial charge in [0.05, 0.1) is 0 Å². The SMILES string of the molecule is Cc1ccc(C(O)(C#CC2(O)CN3CCC2CC3)/C=C/c2cccs2)cc1. The standard InChI is InChI=1S/C23H25NO2S/c1-18-4-6-19(7-5-18)22(25,11-8-21-3-2-16-27-21)12-13-23(26)17-24-14-9-20(23)10-15-24/h2-8,11,16,20,25-26H,9-10,14-15,17H2,1H3/b11-8+. The van der Waals surface area contributed by atoms with Crippen LogP contribution in [0.15, 0.2) is 47.9 Å². The largest absolute Gasteiger partial charge is 0.376 e. The van der Waals surface area contributed by atoms with Gasteiger partial charge in [0.25, 0.3) is 0 Å². The van der Waals surface area contributed by atoms with Crippen molar-refractivity contribution in [3.8, 4) is 11.8 Å². The Morgan fingerprint density at radius 1 is 1.22 bits per heavy atom. The highest BCUT2D eigenvalue weighted by Crippen LogP contribution is 2.35. The van der Waals surface area contributed by atoms with Gasteiger partial charge in [0.1, 0.15) is 5.60 Å². The van der Waals surface area contributed by atoms with Crippen molar-refractivity contribution < 1.29 is 10.2 Å². The van der Waals surface area contributed by atoms with Gasteiger partial charge in [-0.15, -0.1) is 11.3 Å². The normalized spacial score (nSPS) is 29.3. The third kappa shape index (κ3) is 3.88. The fourth-order valence-corrected chi connectivity index (χ4v) is 4.61. The predicted molar refractivity (Wildman–Crippen MR) is 110 cm³/mol. The van der Waals surface area contributed by atoms with Crippen molar-refractivity contribution in [3.05, 3.63) is 63.9 Å². The van der Waals surface area contributed by atoms with Gasteiger partial charge in [0, 0.05) is 17.3 Å². The fourth-order valence-electron chi connectivity index (χ4n) is 3.99. The van der Waals surface area contributed by atoms with Crippen molar-refractivity contribution in [2.75, 3.05) is 19.6 Å². The van der Waals surface area contributed by atoms with Crippen molar-refractivity contribution in [3.63, 3.8) is 0 Å². The Morgan fingerprint density at radius 3 is 2.56 bits per heavy atom. The third-order valence-electron chi connectivity index (χ3n) is 5.72. The molecule has 3 nitrogen and oxygen atoms in total. The summed E-state index contributed by atoms with van der Waals surface area (Å²) in [6.07, 6.45) is 5.58. The molecule has 3 saturated heterocycles. The Hall–Kier alpha value is -1.90. The first-order chi connectivity index (χ1) is 13.0. The molecule has 4 heteroatoms. The second kappa shape index (κ2) is 7.26. The van der Waals surface area contributed by atoms with Crippen molar-refractivity contribution in [2.45, 2.75) is 31.0 Å². The van der Waals surface area contributed by atoms with E-state index in [0.717, 1.165) is 41.9 Å². The van der Waals surface area contributed by atoms with Gasteiger partial charge in [0.2, 0.25) is 0 Å². The molecule has 1 aromatic heterocycles. The number of hydrogen-bond acceptors (Lipinski definition) is 4. The van der Waals surface area contributed by atoms with Gasteiger partial charge >= 0.3 is 0 Å². The Labute approximate surface area is 165 Å². The van der Waals surface area contributed by atoms with Crippen molar-refractivity contribution in [1.29, 1.82) is 0 Å². The summed E-state index contributed by atoms with van der Waals surface area (Å²) in [4.78, 5) is 3.32. The molecule has 1 aromatic carbocycles. The summed E-state index contributed by atoms with van der Waals surface area (Å²) in [5.74, 6) is 6.31. The molecule has 2 bridgehead atoms. The number of aliphatic hydroxyl groups is 2. The second-order valence-electron chi connectivity index (χ2n) is 7.71. The van der Waals surface area contributed by atoms with E-state index < -0.39 is 11.2 Å². The van der Waals surface area contributed by atoms with Crippen LogP contribution in [0.25, 0.3) is 6.08 Å². The molecule has 0 aliphatic carbocycles. The molecule has 27 heavy (non-hydrogen) atoms. The maximum atomic E-state index is 11.4. The first-order valence-electron chi connectivity index (χ1n) is 9.48. The number of nitrogens with zero attached hydrogens (tertiary/aromatic N) is 1. The number of fused-ring (bicyclic) bond motifs is 3. The van der Waals surface area contributed by atoms with E-state index in [2.05, 4.69) is 16.7 Å². The summed E-state index contributed by atoms with van der Waals surface area (Å²) in [6.45, 7) is 4.67. The van der Waals surface area contributed by atoms with E-state index in [4.69, 9.17) is 0 Å². The minimum absolute atomic E-state index is 0.193. The monoisotopic (exact) mass is 379 g/mol. The molecular weight excluding hydrogens is 354 g/mol. The van der Waals surface area contributed by atoms with Crippen LogP contribution in [0.3, 0.4) is 0 Å². The number of hydrogen-bond donors (Lipinski definition) is 2. The molecule has 0 radical (unpaired) electrons. The average Bonchev–Trinajstić information content (AvgIpc) is 3.20. The van der Waals surface area contributed by atoms with E-state index in [1.54, 1.807) is 17.4 Å². The highest BCUT2D eigenvalue weighted by molar-refractivity contribution is 7.10. The van der Waals surface area contributed by atoms with Crippen LogP contribution in [0.5, 0.6) is 0 Å². The van der Waals surface area contributed by atoms with Gasteiger partial charge in [-0.05, 0) is 62.0 Å². The van der Waals surface area contributed by atoms with Gasteiger partial charge in [-0.25, -0.2) is 0 Å². The molecule has 0 saturated carbocycles. The zero-order valence-corrected chi connectivity index (χ0v) is 16.4. The van der Waals surface area contributed by atoms with E-state index in [1.807, 2.05) is 54.8 Å². The first-order valence-corrected chi connectivity index (χ1v) is 10.4. The Balaban J connectivity index is 1.69. The summed E-state index contributed by atoms with van der Waals surface area (Å²) >= 11 is 1.61. The van der Waals surface area contributed by atoms with Gasteiger partial charge in [0.15, 0.2) is 5.60 Å². The first kappa shape index (κ1) is 18.5. The summed E-state index contributed by atoms with van der Waals surface area (Å²) in [5, 5.41) is 24.5. The van der Waals surface area contributed by atoms with Crippen LogP contribution < -0.4 is 0 Å². The molecular formula is C23H25NO2S. The lowest BCUT2D eigenvalue weighted by Gasteiger charge is -2.47. The average molecular weight is 380 g/mol. The number of thiophene rings is 1. The van der Waals surface area contributed by atoms with Crippen LogP contribution in [0, 0.1) is 24.7 Å². The highest BCUT2D eigenvalue weighted by Gasteiger charge is 2.44. The van der Waals surface area contributed by atoms with E-state index in [-0.39, 0.29) is 5.92 Å². The highest BCUT2D eigenvalue weighted by atomic mass is 32.1. The molecule has 3 fully saturated rings. The van der Waals surface area contributed by atoms with Crippen LogP contribution in [0.2, 0.25) is 0 Å². The molecule has 2 aromatic rings. The van der Waals surface area contributed by atoms with Crippen LogP contribution >= 0.6 is 11.3 Å². The molecule has 0 spiro atoms. The van der Waals surface area contributed by atoms with Crippen LogP contribution in [0.4, 0.5) is 0 Å². The predicted octanol–water partition coefficient (Wildman–Crippen LogP) is 3.42. The summed E-state index contributed by atoms with van der Waals surface area (Å²) in [6, 6.07) is 11.8. The third-order valence-corrected chi connectivity index (χ3v) is 6.56. The van der Waals surface area contributed by atoms with Crippen LogP contribution in [-0.2, 0) is 5.60 Å². The van der Waals surface area contributed by atoms with Crippen molar-refractivity contribution in [1.82, 2.24) is 4.90 Å². The zero-order chi connectivity index (χ0) is 18.9. The van der Waals surface area contributed by atoms with E-state index in [9.17, 15) is 10.2 Å². The molecule has 5 rings (SSSR count). The molecule has 2 N–H and O–H groups in total. The molecule has 3 aliphatic rings. The van der Waals surface area contributed by atoms with Gasteiger partial charge in [-0.2, -0.15) is 0 Å². The Kier molecular flexibility index (Phi) is 4.96. The quantitative estimate of drug-likeness (QED) is 0.803. The molecule has 2 unspecified atom stereocenters. The topological polar surface area (TPSA) is 43.7 Å². The summed E-state index contributed by atoms with van der Waals surface area (Å²) < 4.78 is 0. The fraction of sp³-hybridized carbons (Fsp3) is 0.391. The lowest BCUT2D eigenvalue weighted by molar-refractivity contribution is -0.0716. The van der Waals surface area contributed by atoms with E-state index >= 15 is 0 Å². The molecule has 0 amide bonds. The lowest BCUT2D eigenvalue weighted by atomic mass is 9.75. The van der Waals surface area contributed by atoms with Gasteiger partial charge < -0.3 is 10.2 Å². The number of rotatable bonds is 3. The minimum Gasteiger partial charge on any atom is -0.376 e. The van der Waals surface area contributed by atoms with Gasteiger partial charge in [-0.1, -0.05) is 47.7 Å². The molecule has 2 atom stereocenters. The van der Waals surface area contributed by atoms with Crippen LogP contribution in [0.1, 0.15) is 28.8 Å². The number of aryl methyl sites for hydroxylation is 1. The smallest absolute Gasteiger partial charge is 0.170 e. The summed E-state index contributed by atoms with van der Waals surface area (Å²) in [7, 11) is 0. The Morgan fingerprint density at radius 2 is 1.96 bits per heavy atom. The molecule has 4 heterocycles. The van der Waals surface area contributed by atoms with Gasteiger partial charge in [-0.3, -0.25) is 4.90 Å². The maximum Gasteiger partial charge on any atom is 0.170 e. The number of piperidine rings is 3. The van der Waals surface area contributed by atoms with E-state index in [0.29, 0.717) is 6.54 Å². The molecule has 3 aliphatic heterocycles. The second-order valence-corrected chi connectivity index (χ2v) is 8.69. The zero-order valence-electron chi connectivity index (χ0n) is 15.6. The molecule has 140 valence electrons. The van der Waals surface area contributed by atoms with Crippen molar-refractivity contribution >= 4 is 17.4 Å². The Bertz CT molecular complexity index is 869. The lowest BCUT2D eigenvalue weighted by Crippen LogP contribution is -2.58. The van der Waals surface area contributed by atoms with E-state index in [1.165, 1.54) is 0 Å². The number of benzene rings is 1. The minimum atomic E-state index is -1.43. The summed E-state index contributed by atoms with van der Waals surface area (Å²) in [5.41, 5.74) is -0.614. The maximum absolute atomic E-state index is 11.4. The van der Waals surface area contributed by atoms with Crippen molar-refractivity contribution in [2.24, 2.45) is 5.92 Å². The van der Waals surface area contributed by atoms with Crippen LogP contribution in [-0.4, -0.2) is 40.3 Å².